The van der Waals surface area contributed by atoms with Crippen LogP contribution in [0.5, 0.6) is 0 Å². The number of hydrogen-bond donors (Lipinski definition) is 1. The van der Waals surface area contributed by atoms with Crippen molar-refractivity contribution in [2.24, 2.45) is 5.92 Å². The molecule has 3 aromatic rings. The van der Waals surface area contributed by atoms with E-state index in [2.05, 4.69) is 5.32 Å². The smallest absolute Gasteiger partial charge is 0.264 e. The Bertz CT molecular complexity index is 1420. The lowest BCUT2D eigenvalue weighted by molar-refractivity contribution is -0.140. The summed E-state index contributed by atoms with van der Waals surface area (Å²) in [5.41, 5.74) is 0.821. The van der Waals surface area contributed by atoms with E-state index in [0.717, 1.165) is 9.87 Å². The molecule has 0 saturated heterocycles. The van der Waals surface area contributed by atoms with E-state index >= 15 is 0 Å². The van der Waals surface area contributed by atoms with Gasteiger partial charge in [0.2, 0.25) is 11.8 Å². The number of halogens is 3. The van der Waals surface area contributed by atoms with Gasteiger partial charge in [0.05, 0.1) is 15.6 Å². The molecule has 1 N–H and O–H groups in total. The summed E-state index contributed by atoms with van der Waals surface area (Å²) < 4.78 is 28.6. The quantitative estimate of drug-likeness (QED) is 0.252. The van der Waals surface area contributed by atoms with Gasteiger partial charge in [-0.05, 0) is 60.4 Å². The number of carbonyl (C=O) groups is 2. The normalized spacial score (nSPS) is 12.2. The number of benzene rings is 3. The number of anilines is 1. The van der Waals surface area contributed by atoms with Crippen molar-refractivity contribution >= 4 is 62.3 Å². The molecule has 0 aromatic heterocycles. The number of nitrogens with one attached hydrogen (secondary N) is 1. The minimum atomic E-state index is -4.23. The van der Waals surface area contributed by atoms with Crippen LogP contribution in [-0.4, -0.2) is 44.3 Å². The van der Waals surface area contributed by atoms with Crippen LogP contribution in [0.4, 0.5) is 5.69 Å². The second-order valence-electron chi connectivity index (χ2n) is 9.63. The molecule has 0 heterocycles. The molecule has 2 amide bonds. The van der Waals surface area contributed by atoms with E-state index in [4.69, 9.17) is 34.8 Å². The first-order valence-corrected chi connectivity index (χ1v) is 15.4. The van der Waals surface area contributed by atoms with Crippen LogP contribution in [-0.2, 0) is 26.2 Å². The molecule has 0 aliphatic heterocycles. The average molecular weight is 625 g/mol. The molecule has 0 fully saturated rings. The van der Waals surface area contributed by atoms with Gasteiger partial charge in [-0.15, -0.1) is 0 Å². The van der Waals surface area contributed by atoms with Gasteiger partial charge in [-0.3, -0.25) is 13.9 Å². The SMILES string of the molecule is CCC(C(=O)NCC(C)C)N(Cc1ccc(Cl)cc1)C(=O)CN(c1ccc(Cl)cc1Cl)S(=O)(=O)c1ccccc1. The first-order valence-electron chi connectivity index (χ1n) is 12.8. The molecule has 0 saturated carbocycles. The molecule has 1 atom stereocenters. The molecular formula is C29H32Cl3N3O4S. The predicted octanol–water partition coefficient (Wildman–Crippen LogP) is 6.42. The number of sulfonamides is 1. The topological polar surface area (TPSA) is 86.8 Å². The zero-order valence-electron chi connectivity index (χ0n) is 22.5. The number of hydrogen-bond acceptors (Lipinski definition) is 4. The van der Waals surface area contributed by atoms with E-state index in [0.29, 0.717) is 23.0 Å². The van der Waals surface area contributed by atoms with Gasteiger partial charge < -0.3 is 10.2 Å². The minimum absolute atomic E-state index is 0.0141. The van der Waals surface area contributed by atoms with Crippen LogP contribution < -0.4 is 9.62 Å². The summed E-state index contributed by atoms with van der Waals surface area (Å²) in [6, 6.07) is 18.2. The van der Waals surface area contributed by atoms with Gasteiger partial charge in [-0.25, -0.2) is 8.42 Å². The van der Waals surface area contributed by atoms with Gasteiger partial charge >= 0.3 is 0 Å². The fraction of sp³-hybridized carbons (Fsp3) is 0.310. The average Bonchev–Trinajstić information content (AvgIpc) is 2.92. The molecule has 0 spiro atoms. The highest BCUT2D eigenvalue weighted by atomic mass is 35.5. The molecule has 7 nitrogen and oxygen atoms in total. The molecule has 11 heteroatoms. The van der Waals surface area contributed by atoms with Gasteiger partial charge in [-0.1, -0.05) is 85.9 Å². The first kappa shape index (κ1) is 31.7. The van der Waals surface area contributed by atoms with Crippen molar-refractivity contribution in [3.8, 4) is 0 Å². The summed E-state index contributed by atoms with van der Waals surface area (Å²) in [4.78, 5) is 28.7. The lowest BCUT2D eigenvalue weighted by atomic mass is 10.1. The Morgan fingerprint density at radius 1 is 0.900 bits per heavy atom. The standard InChI is InChI=1S/C29H32Cl3N3O4S/c1-4-26(29(37)33-17-20(2)3)34(18-21-10-12-22(30)13-11-21)28(36)19-35(27-15-14-23(31)16-25(27)32)40(38,39)24-8-6-5-7-9-24/h5-16,20,26H,4,17-19H2,1-3H3,(H,33,37). The number of rotatable bonds is 12. The van der Waals surface area contributed by atoms with Crippen molar-refractivity contribution < 1.29 is 18.0 Å². The van der Waals surface area contributed by atoms with Crippen LogP contribution >= 0.6 is 34.8 Å². The Hall–Kier alpha value is -2.78. The summed E-state index contributed by atoms with van der Waals surface area (Å²) in [6.45, 7) is 5.65. The Morgan fingerprint density at radius 3 is 2.10 bits per heavy atom. The van der Waals surface area contributed by atoms with Gasteiger partial charge in [0, 0.05) is 23.1 Å². The third-order valence-corrected chi connectivity index (χ3v) is 8.69. The second-order valence-corrected chi connectivity index (χ2v) is 12.8. The summed E-state index contributed by atoms with van der Waals surface area (Å²) in [6.07, 6.45) is 0.316. The monoisotopic (exact) mass is 623 g/mol. The molecule has 1 unspecified atom stereocenters. The maximum atomic E-state index is 14.0. The van der Waals surface area contributed by atoms with E-state index in [9.17, 15) is 18.0 Å². The summed E-state index contributed by atoms with van der Waals surface area (Å²) in [7, 11) is -4.23. The van der Waals surface area contributed by atoms with E-state index < -0.39 is 28.5 Å². The molecule has 0 aliphatic rings. The Labute approximate surface area is 251 Å². The van der Waals surface area contributed by atoms with Crippen LogP contribution in [0.1, 0.15) is 32.8 Å². The van der Waals surface area contributed by atoms with Gasteiger partial charge in [0.25, 0.3) is 10.0 Å². The summed E-state index contributed by atoms with van der Waals surface area (Å²) in [5, 5.41) is 3.80. The third-order valence-electron chi connectivity index (χ3n) is 6.13. The van der Waals surface area contributed by atoms with Crippen LogP contribution in [0, 0.1) is 5.92 Å². The zero-order valence-corrected chi connectivity index (χ0v) is 25.6. The zero-order chi connectivity index (χ0) is 29.4. The van der Waals surface area contributed by atoms with Crippen molar-refractivity contribution in [2.75, 3.05) is 17.4 Å². The first-order chi connectivity index (χ1) is 18.9. The van der Waals surface area contributed by atoms with Crippen LogP contribution in [0.15, 0.2) is 77.7 Å². The lowest BCUT2D eigenvalue weighted by Gasteiger charge is -2.33. The fourth-order valence-corrected chi connectivity index (χ4v) is 6.19. The molecule has 0 radical (unpaired) electrons. The molecular weight excluding hydrogens is 593 g/mol. The van der Waals surface area contributed by atoms with Gasteiger partial charge in [-0.2, -0.15) is 0 Å². The highest BCUT2D eigenvalue weighted by Gasteiger charge is 2.34. The summed E-state index contributed by atoms with van der Waals surface area (Å²) >= 11 is 18.6. The Balaban J connectivity index is 2.06. The maximum absolute atomic E-state index is 14.0. The van der Waals surface area contributed by atoms with E-state index in [1.165, 1.54) is 35.2 Å². The molecule has 0 aliphatic carbocycles. The molecule has 3 rings (SSSR count). The van der Waals surface area contributed by atoms with Crippen molar-refractivity contribution in [3.63, 3.8) is 0 Å². The molecule has 40 heavy (non-hydrogen) atoms. The highest BCUT2D eigenvalue weighted by Crippen LogP contribution is 2.33. The van der Waals surface area contributed by atoms with Crippen molar-refractivity contribution in [3.05, 3.63) is 93.4 Å². The number of nitrogens with zero attached hydrogens (tertiary/aromatic N) is 2. The lowest BCUT2D eigenvalue weighted by Crippen LogP contribution is -2.52. The second kappa shape index (κ2) is 14.2. The van der Waals surface area contributed by atoms with Gasteiger partial charge in [0.15, 0.2) is 0 Å². The van der Waals surface area contributed by atoms with Crippen LogP contribution in [0.3, 0.4) is 0 Å². The van der Waals surface area contributed by atoms with Crippen molar-refractivity contribution in [2.45, 2.75) is 44.7 Å². The van der Waals surface area contributed by atoms with Crippen LogP contribution in [0.2, 0.25) is 15.1 Å². The molecule has 0 bridgehead atoms. The third kappa shape index (κ3) is 8.13. The van der Waals surface area contributed by atoms with E-state index in [-0.39, 0.29) is 34.0 Å². The summed E-state index contributed by atoms with van der Waals surface area (Å²) in [5.74, 6) is -0.687. The minimum Gasteiger partial charge on any atom is -0.354 e. The van der Waals surface area contributed by atoms with Crippen molar-refractivity contribution in [1.29, 1.82) is 0 Å². The molecule has 3 aromatic carbocycles. The number of amides is 2. The highest BCUT2D eigenvalue weighted by molar-refractivity contribution is 7.92. The van der Waals surface area contributed by atoms with Crippen LogP contribution in [0.25, 0.3) is 0 Å². The Kier molecular flexibility index (Phi) is 11.3. The predicted molar refractivity (Wildman–Crippen MR) is 161 cm³/mol. The van der Waals surface area contributed by atoms with E-state index in [1.807, 2.05) is 13.8 Å². The largest absolute Gasteiger partial charge is 0.354 e. The Morgan fingerprint density at radius 2 is 1.52 bits per heavy atom. The van der Waals surface area contributed by atoms with Gasteiger partial charge in [0.1, 0.15) is 12.6 Å². The fourth-order valence-electron chi connectivity index (χ4n) is 4.05. The maximum Gasteiger partial charge on any atom is 0.264 e. The van der Waals surface area contributed by atoms with E-state index in [1.54, 1.807) is 49.4 Å². The van der Waals surface area contributed by atoms with Crippen molar-refractivity contribution in [1.82, 2.24) is 10.2 Å². The molecule has 214 valence electrons. The number of carbonyl (C=O) groups excluding carboxylic acids is 2.